The van der Waals surface area contributed by atoms with Crippen molar-refractivity contribution in [3.05, 3.63) is 78.2 Å². The van der Waals surface area contributed by atoms with Crippen molar-refractivity contribution in [2.75, 3.05) is 0 Å². The zero-order valence-electron chi connectivity index (χ0n) is 12.7. The van der Waals surface area contributed by atoms with Crippen molar-refractivity contribution in [1.29, 1.82) is 0 Å². The van der Waals surface area contributed by atoms with Gasteiger partial charge in [0.2, 0.25) is 5.89 Å². The van der Waals surface area contributed by atoms with E-state index in [0.717, 1.165) is 11.1 Å². The summed E-state index contributed by atoms with van der Waals surface area (Å²) in [6, 6.07) is 19.0. The van der Waals surface area contributed by atoms with Gasteiger partial charge in [-0.3, -0.25) is 4.79 Å². The highest BCUT2D eigenvalue weighted by Crippen LogP contribution is 2.16. The van der Waals surface area contributed by atoms with Crippen molar-refractivity contribution < 1.29 is 9.21 Å². The maximum absolute atomic E-state index is 11.9. The quantitative estimate of drug-likeness (QED) is 0.579. The zero-order valence-corrected chi connectivity index (χ0v) is 12.7. The van der Waals surface area contributed by atoms with Gasteiger partial charge < -0.3 is 4.42 Å². The highest BCUT2D eigenvalue weighted by molar-refractivity contribution is 5.90. The van der Waals surface area contributed by atoms with Crippen molar-refractivity contribution >= 4 is 18.2 Å². The van der Waals surface area contributed by atoms with Gasteiger partial charge in [0.15, 0.2) is 0 Å². The maximum atomic E-state index is 11.9. The van der Waals surface area contributed by atoms with Gasteiger partial charge in [-0.05, 0) is 23.8 Å². The Morgan fingerprint density at radius 1 is 1.00 bits per heavy atom. The van der Waals surface area contributed by atoms with Gasteiger partial charge in [-0.2, -0.15) is 5.10 Å². The lowest BCUT2D eigenvalue weighted by molar-refractivity contribution is 0.0921. The second kappa shape index (κ2) is 7.64. The molecule has 3 rings (SSSR count). The summed E-state index contributed by atoms with van der Waals surface area (Å²) in [5.41, 5.74) is 4.12. The van der Waals surface area contributed by atoms with Gasteiger partial charge in [0.05, 0.1) is 0 Å². The van der Waals surface area contributed by atoms with Crippen LogP contribution in [0.15, 0.2) is 76.3 Å². The number of allylic oxidation sites excluding steroid dienone is 1. The Hall–Kier alpha value is -3.54. The number of hydrogen-bond donors (Lipinski definition) is 1. The number of aromatic nitrogens is 2. The first-order valence-corrected chi connectivity index (χ1v) is 7.27. The number of nitrogens with zero attached hydrogens (tertiary/aromatic N) is 3. The van der Waals surface area contributed by atoms with Crippen LogP contribution in [0.25, 0.3) is 17.5 Å². The summed E-state index contributed by atoms with van der Waals surface area (Å²) in [5.74, 6) is -0.416. The van der Waals surface area contributed by atoms with Crippen molar-refractivity contribution in [2.45, 2.75) is 0 Å². The first-order valence-electron chi connectivity index (χ1n) is 7.27. The zero-order chi connectivity index (χ0) is 16.6. The minimum absolute atomic E-state index is 0.141. The van der Waals surface area contributed by atoms with E-state index in [9.17, 15) is 4.79 Å². The lowest BCUT2D eigenvalue weighted by atomic mass is 10.2. The van der Waals surface area contributed by atoms with Crippen LogP contribution >= 0.6 is 0 Å². The van der Waals surface area contributed by atoms with E-state index in [2.05, 4.69) is 20.7 Å². The number of benzene rings is 2. The number of carbonyl (C=O) groups excluding carboxylic acids is 1. The molecule has 0 bridgehead atoms. The number of carbonyl (C=O) groups is 1. The molecule has 0 aliphatic heterocycles. The first kappa shape index (κ1) is 15.4. The largest absolute Gasteiger partial charge is 0.412 e. The number of nitrogens with one attached hydrogen (secondary N) is 1. The molecule has 0 saturated carbocycles. The fraction of sp³-hybridized carbons (Fsp3) is 0. The monoisotopic (exact) mass is 318 g/mol. The predicted molar refractivity (Wildman–Crippen MR) is 91.2 cm³/mol. The molecule has 118 valence electrons. The number of rotatable bonds is 5. The fourth-order valence-electron chi connectivity index (χ4n) is 1.92. The summed E-state index contributed by atoms with van der Waals surface area (Å²) in [4.78, 5) is 11.9. The van der Waals surface area contributed by atoms with Crippen LogP contribution in [0.3, 0.4) is 0 Å². The Kier molecular flexibility index (Phi) is 4.89. The predicted octanol–water partition coefficient (Wildman–Crippen LogP) is 3.17. The molecule has 1 heterocycles. The van der Waals surface area contributed by atoms with Gasteiger partial charge >= 0.3 is 11.8 Å². The average Bonchev–Trinajstić information content (AvgIpc) is 3.13. The van der Waals surface area contributed by atoms with E-state index in [0.29, 0.717) is 0 Å². The highest BCUT2D eigenvalue weighted by Gasteiger charge is 2.14. The Labute approximate surface area is 138 Å². The number of amides is 1. The summed E-state index contributed by atoms with van der Waals surface area (Å²) in [6.45, 7) is 0. The minimum atomic E-state index is -0.561. The van der Waals surface area contributed by atoms with E-state index >= 15 is 0 Å². The van der Waals surface area contributed by atoms with E-state index in [4.69, 9.17) is 4.42 Å². The van der Waals surface area contributed by atoms with Crippen LogP contribution in [0.5, 0.6) is 0 Å². The molecule has 0 spiro atoms. The van der Waals surface area contributed by atoms with Crippen LogP contribution in [0, 0.1) is 0 Å². The molecule has 0 fully saturated rings. The van der Waals surface area contributed by atoms with E-state index in [1.165, 1.54) is 6.21 Å². The number of hydrazone groups is 1. The molecule has 6 heteroatoms. The van der Waals surface area contributed by atoms with Gasteiger partial charge in [-0.15, -0.1) is 10.2 Å². The fourth-order valence-corrected chi connectivity index (χ4v) is 1.92. The molecule has 0 unspecified atom stereocenters. The molecule has 24 heavy (non-hydrogen) atoms. The molecule has 1 N–H and O–H groups in total. The normalized spacial score (nSPS) is 11.2. The van der Waals surface area contributed by atoms with E-state index in [1.54, 1.807) is 6.08 Å². The smallest absolute Gasteiger partial charge is 0.328 e. The third-order valence-electron chi connectivity index (χ3n) is 3.05. The molecule has 1 aromatic heterocycles. The van der Waals surface area contributed by atoms with Gasteiger partial charge in [0.25, 0.3) is 0 Å². The summed E-state index contributed by atoms with van der Waals surface area (Å²) in [7, 11) is 0. The molecule has 1 amide bonds. The third kappa shape index (κ3) is 4.01. The molecule has 0 saturated heterocycles. The van der Waals surface area contributed by atoms with Gasteiger partial charge in [0.1, 0.15) is 0 Å². The molecular weight excluding hydrogens is 304 g/mol. The topological polar surface area (TPSA) is 80.4 Å². The van der Waals surface area contributed by atoms with Crippen LogP contribution in [-0.2, 0) is 0 Å². The average molecular weight is 318 g/mol. The van der Waals surface area contributed by atoms with Crippen molar-refractivity contribution in [2.24, 2.45) is 5.10 Å². The maximum Gasteiger partial charge on any atom is 0.328 e. The molecule has 2 aromatic carbocycles. The molecule has 0 radical (unpaired) electrons. The molecule has 3 aromatic rings. The highest BCUT2D eigenvalue weighted by atomic mass is 16.4. The summed E-state index contributed by atoms with van der Waals surface area (Å²) in [6.07, 6.45) is 5.06. The van der Waals surface area contributed by atoms with E-state index in [1.807, 2.05) is 66.7 Å². The molecule has 0 aliphatic rings. The van der Waals surface area contributed by atoms with E-state index < -0.39 is 5.91 Å². The van der Waals surface area contributed by atoms with E-state index in [-0.39, 0.29) is 11.8 Å². The SMILES string of the molecule is O=C(NN=CC=Cc1ccccc1)c1nnc(-c2ccccc2)o1. The lowest BCUT2D eigenvalue weighted by Gasteiger charge is -1.93. The van der Waals surface area contributed by atoms with Crippen LogP contribution < -0.4 is 5.43 Å². The van der Waals surface area contributed by atoms with Crippen LogP contribution in [-0.4, -0.2) is 22.3 Å². The van der Waals surface area contributed by atoms with Crippen molar-refractivity contribution in [1.82, 2.24) is 15.6 Å². The van der Waals surface area contributed by atoms with Crippen LogP contribution in [0.4, 0.5) is 0 Å². The summed E-state index contributed by atoms with van der Waals surface area (Å²) < 4.78 is 5.33. The Morgan fingerprint density at radius 3 is 2.46 bits per heavy atom. The minimum Gasteiger partial charge on any atom is -0.412 e. The summed E-state index contributed by atoms with van der Waals surface area (Å²) in [5, 5.41) is 11.4. The van der Waals surface area contributed by atoms with Crippen molar-refractivity contribution in [3.8, 4) is 11.5 Å². The van der Waals surface area contributed by atoms with Crippen LogP contribution in [0.1, 0.15) is 16.2 Å². The third-order valence-corrected chi connectivity index (χ3v) is 3.05. The molecule has 0 aliphatic carbocycles. The number of hydrogen-bond acceptors (Lipinski definition) is 5. The standard InChI is InChI=1S/C18H14N4O2/c23-16(20-19-13-7-10-14-8-3-1-4-9-14)18-22-21-17(24-18)15-11-5-2-6-12-15/h1-13H,(H,20,23). The van der Waals surface area contributed by atoms with Gasteiger partial charge in [-0.25, -0.2) is 5.43 Å². The molecule has 6 nitrogen and oxygen atoms in total. The van der Waals surface area contributed by atoms with Gasteiger partial charge in [0, 0.05) is 11.8 Å². The Balaban J connectivity index is 1.57. The second-order valence-corrected chi connectivity index (χ2v) is 4.77. The van der Waals surface area contributed by atoms with Gasteiger partial charge in [-0.1, -0.05) is 54.6 Å². The van der Waals surface area contributed by atoms with Crippen LogP contribution in [0.2, 0.25) is 0 Å². The first-order chi connectivity index (χ1) is 11.8. The molecular formula is C18H14N4O2. The Bertz CT molecular complexity index is 855. The molecule has 0 atom stereocenters. The van der Waals surface area contributed by atoms with Crippen molar-refractivity contribution in [3.63, 3.8) is 0 Å². The summed E-state index contributed by atoms with van der Waals surface area (Å²) >= 11 is 0. The Morgan fingerprint density at radius 2 is 1.71 bits per heavy atom. The lowest BCUT2D eigenvalue weighted by Crippen LogP contribution is -2.17. The second-order valence-electron chi connectivity index (χ2n) is 4.77.